The van der Waals surface area contributed by atoms with Gasteiger partial charge in [-0.2, -0.15) is 0 Å². The molecule has 0 atom stereocenters. The maximum atomic E-state index is 11.4. The van der Waals surface area contributed by atoms with E-state index < -0.39 is 15.9 Å². The van der Waals surface area contributed by atoms with E-state index in [9.17, 15) is 13.2 Å². The predicted molar refractivity (Wildman–Crippen MR) is 51.5 cm³/mol. The van der Waals surface area contributed by atoms with E-state index in [-0.39, 0.29) is 4.91 Å². The van der Waals surface area contributed by atoms with Gasteiger partial charge in [0.25, 0.3) is 15.9 Å². The van der Waals surface area contributed by atoms with Crippen molar-refractivity contribution in [3.8, 4) is 0 Å². The minimum atomic E-state index is -3.63. The van der Waals surface area contributed by atoms with Gasteiger partial charge in [0.1, 0.15) is 4.91 Å². The molecule has 0 saturated heterocycles. The number of benzene rings is 1. The molecule has 0 aliphatic carbocycles. The molecule has 0 saturated carbocycles. The van der Waals surface area contributed by atoms with Crippen LogP contribution in [0.2, 0.25) is 0 Å². The summed E-state index contributed by atoms with van der Waals surface area (Å²) in [5.74, 6) is -0.594. The fraction of sp³-hybridized carbons (Fsp3) is 0. The smallest absolute Gasteiger partial charge is 0.265 e. The monoisotopic (exact) mass is 209 g/mol. The molecule has 0 bridgehead atoms. The van der Waals surface area contributed by atoms with Gasteiger partial charge in [0.05, 0.1) is 0 Å². The molecule has 1 heterocycles. The molecule has 0 spiro atoms. The first-order chi connectivity index (χ1) is 6.59. The van der Waals surface area contributed by atoms with Crippen LogP contribution in [0, 0.1) is 0 Å². The summed E-state index contributed by atoms with van der Waals surface area (Å²) < 4.78 is 24.6. The lowest BCUT2D eigenvalue weighted by molar-refractivity contribution is -0.114. The van der Waals surface area contributed by atoms with E-state index in [0.29, 0.717) is 5.56 Å². The SMILES string of the molecule is O=C1C=C(c2ccccc2)S(=O)(=O)N1. The summed E-state index contributed by atoms with van der Waals surface area (Å²) in [5.41, 5.74) is 0.519. The van der Waals surface area contributed by atoms with Crippen molar-refractivity contribution in [2.45, 2.75) is 0 Å². The molecule has 0 fully saturated rings. The Hall–Kier alpha value is -1.62. The van der Waals surface area contributed by atoms with Gasteiger partial charge in [0.2, 0.25) is 0 Å². The zero-order chi connectivity index (χ0) is 10.2. The Kier molecular flexibility index (Phi) is 1.89. The summed E-state index contributed by atoms with van der Waals surface area (Å²) in [7, 11) is -3.63. The summed E-state index contributed by atoms with van der Waals surface area (Å²) >= 11 is 0. The molecule has 2 rings (SSSR count). The van der Waals surface area contributed by atoms with E-state index in [1.54, 1.807) is 30.3 Å². The lowest BCUT2D eigenvalue weighted by Crippen LogP contribution is -2.22. The first-order valence-electron chi connectivity index (χ1n) is 3.93. The molecule has 1 aliphatic heterocycles. The minimum absolute atomic E-state index is 0.0306. The molecular weight excluding hydrogens is 202 g/mol. The third kappa shape index (κ3) is 1.42. The van der Waals surface area contributed by atoms with Crippen LogP contribution in [-0.2, 0) is 14.8 Å². The highest BCUT2D eigenvalue weighted by molar-refractivity contribution is 7.99. The molecule has 14 heavy (non-hydrogen) atoms. The molecule has 4 nitrogen and oxygen atoms in total. The maximum Gasteiger partial charge on any atom is 0.265 e. The number of amides is 1. The average Bonchev–Trinajstić information content (AvgIpc) is 2.41. The van der Waals surface area contributed by atoms with Crippen molar-refractivity contribution in [1.82, 2.24) is 4.72 Å². The van der Waals surface area contributed by atoms with Crippen LogP contribution in [0.5, 0.6) is 0 Å². The van der Waals surface area contributed by atoms with Crippen molar-refractivity contribution < 1.29 is 13.2 Å². The van der Waals surface area contributed by atoms with Gasteiger partial charge in [-0.15, -0.1) is 0 Å². The van der Waals surface area contributed by atoms with E-state index in [1.165, 1.54) is 0 Å². The third-order valence-corrected chi connectivity index (χ3v) is 3.25. The zero-order valence-corrected chi connectivity index (χ0v) is 7.91. The normalized spacial score (nSPS) is 18.9. The van der Waals surface area contributed by atoms with E-state index >= 15 is 0 Å². The van der Waals surface area contributed by atoms with Crippen molar-refractivity contribution >= 4 is 20.8 Å². The van der Waals surface area contributed by atoms with E-state index in [1.807, 2.05) is 4.72 Å². The van der Waals surface area contributed by atoms with Gasteiger partial charge in [-0.25, -0.2) is 13.1 Å². The molecule has 0 unspecified atom stereocenters. The Morgan fingerprint density at radius 2 is 1.71 bits per heavy atom. The van der Waals surface area contributed by atoms with Crippen LogP contribution in [0.25, 0.3) is 4.91 Å². The van der Waals surface area contributed by atoms with Gasteiger partial charge in [-0.3, -0.25) is 4.79 Å². The van der Waals surface area contributed by atoms with Crippen molar-refractivity contribution in [3.63, 3.8) is 0 Å². The standard InChI is InChI=1S/C9H7NO3S/c11-9-6-8(14(12,13)10-9)7-4-2-1-3-5-7/h1-6H,(H,10,11). The van der Waals surface area contributed by atoms with E-state index in [0.717, 1.165) is 6.08 Å². The summed E-state index contributed by atoms with van der Waals surface area (Å²) in [5, 5.41) is 0. The molecule has 72 valence electrons. The molecule has 1 aliphatic rings. The van der Waals surface area contributed by atoms with Crippen molar-refractivity contribution in [1.29, 1.82) is 0 Å². The summed E-state index contributed by atoms with van der Waals surface area (Å²) in [4.78, 5) is 10.9. The Morgan fingerprint density at radius 1 is 1.07 bits per heavy atom. The Labute approximate surface area is 81.3 Å². The second kappa shape index (κ2) is 2.95. The lowest BCUT2D eigenvalue weighted by atomic mass is 10.2. The number of rotatable bonds is 1. The van der Waals surface area contributed by atoms with Gasteiger partial charge in [-0.1, -0.05) is 30.3 Å². The Balaban J connectivity index is 2.56. The topological polar surface area (TPSA) is 63.2 Å². The second-order valence-electron chi connectivity index (χ2n) is 2.84. The first-order valence-corrected chi connectivity index (χ1v) is 5.42. The summed E-state index contributed by atoms with van der Waals surface area (Å²) in [6, 6.07) is 8.50. The minimum Gasteiger partial charge on any atom is -0.269 e. The van der Waals surface area contributed by atoms with Crippen LogP contribution in [-0.4, -0.2) is 14.3 Å². The fourth-order valence-corrected chi connectivity index (χ4v) is 2.40. The summed E-state index contributed by atoms with van der Waals surface area (Å²) in [6.07, 6.45) is 1.09. The predicted octanol–water partition coefficient (Wildman–Crippen LogP) is 0.487. The van der Waals surface area contributed by atoms with Gasteiger partial charge < -0.3 is 0 Å². The highest BCUT2D eigenvalue weighted by Gasteiger charge is 2.28. The third-order valence-electron chi connectivity index (χ3n) is 1.84. The van der Waals surface area contributed by atoms with Crippen LogP contribution < -0.4 is 4.72 Å². The van der Waals surface area contributed by atoms with Gasteiger partial charge in [0, 0.05) is 6.08 Å². The van der Waals surface area contributed by atoms with Crippen LogP contribution in [0.3, 0.4) is 0 Å². The number of hydrogen-bond donors (Lipinski definition) is 1. The number of sulfonamides is 1. The van der Waals surface area contributed by atoms with Crippen molar-refractivity contribution in [3.05, 3.63) is 42.0 Å². The zero-order valence-electron chi connectivity index (χ0n) is 7.10. The molecule has 0 aromatic heterocycles. The number of carbonyl (C=O) groups excluding carboxylic acids is 1. The number of carbonyl (C=O) groups is 1. The molecule has 1 aromatic rings. The molecule has 1 amide bonds. The van der Waals surface area contributed by atoms with Crippen LogP contribution >= 0.6 is 0 Å². The second-order valence-corrected chi connectivity index (χ2v) is 4.50. The average molecular weight is 209 g/mol. The maximum absolute atomic E-state index is 11.4. The van der Waals surface area contributed by atoms with Gasteiger partial charge in [0.15, 0.2) is 0 Å². The largest absolute Gasteiger partial charge is 0.269 e. The number of hydrogen-bond acceptors (Lipinski definition) is 3. The Bertz CT molecular complexity index is 502. The lowest BCUT2D eigenvalue weighted by Gasteiger charge is -2.00. The van der Waals surface area contributed by atoms with E-state index in [2.05, 4.69) is 0 Å². The van der Waals surface area contributed by atoms with Crippen molar-refractivity contribution in [2.75, 3.05) is 0 Å². The molecular formula is C9H7NO3S. The first kappa shape index (κ1) is 8.96. The molecule has 1 N–H and O–H groups in total. The van der Waals surface area contributed by atoms with Crippen LogP contribution in [0.1, 0.15) is 5.56 Å². The van der Waals surface area contributed by atoms with Gasteiger partial charge in [-0.05, 0) is 5.56 Å². The Morgan fingerprint density at radius 3 is 2.21 bits per heavy atom. The van der Waals surface area contributed by atoms with Crippen molar-refractivity contribution in [2.24, 2.45) is 0 Å². The van der Waals surface area contributed by atoms with Crippen LogP contribution in [0.15, 0.2) is 36.4 Å². The fourth-order valence-electron chi connectivity index (χ4n) is 1.25. The highest BCUT2D eigenvalue weighted by atomic mass is 32.2. The summed E-state index contributed by atoms with van der Waals surface area (Å²) in [6.45, 7) is 0. The van der Waals surface area contributed by atoms with Crippen LogP contribution in [0.4, 0.5) is 0 Å². The molecule has 0 radical (unpaired) electrons. The highest BCUT2D eigenvalue weighted by Crippen LogP contribution is 2.23. The molecule has 5 heteroatoms. The number of nitrogens with one attached hydrogen (secondary N) is 1. The molecule has 1 aromatic carbocycles. The van der Waals surface area contributed by atoms with Gasteiger partial charge >= 0.3 is 0 Å². The van der Waals surface area contributed by atoms with E-state index in [4.69, 9.17) is 0 Å². The quantitative estimate of drug-likeness (QED) is 0.732.